The first-order valence-corrected chi connectivity index (χ1v) is 7.77. The van der Waals surface area contributed by atoms with Crippen LogP contribution in [-0.2, 0) is 5.88 Å². The van der Waals surface area contributed by atoms with E-state index in [0.29, 0.717) is 25.5 Å². The fourth-order valence-corrected chi connectivity index (χ4v) is 2.93. The molecule has 6 heteroatoms. The number of hydrogen-bond donors (Lipinski definition) is 0. The van der Waals surface area contributed by atoms with Gasteiger partial charge in [-0.25, -0.2) is 9.37 Å². The van der Waals surface area contributed by atoms with Crippen LogP contribution in [0.2, 0.25) is 5.02 Å². The number of hydrogen-bond acceptors (Lipinski definition) is 1. The molecule has 0 amide bonds. The normalized spacial score (nSPS) is 11.2. The van der Waals surface area contributed by atoms with E-state index in [0.717, 1.165) is 5.69 Å². The number of imidazole rings is 1. The van der Waals surface area contributed by atoms with Crippen molar-refractivity contribution >= 4 is 56.8 Å². The van der Waals surface area contributed by atoms with Crippen molar-refractivity contribution in [3.05, 3.63) is 56.6 Å². The van der Waals surface area contributed by atoms with E-state index in [9.17, 15) is 4.39 Å². The van der Waals surface area contributed by atoms with Crippen LogP contribution < -0.4 is 0 Å². The topological polar surface area (TPSA) is 17.8 Å². The van der Waals surface area contributed by atoms with Gasteiger partial charge in [-0.2, -0.15) is 0 Å². The van der Waals surface area contributed by atoms with E-state index in [2.05, 4.69) is 4.98 Å². The summed E-state index contributed by atoms with van der Waals surface area (Å²) in [5.74, 6) is 0.618. The van der Waals surface area contributed by atoms with Crippen LogP contribution in [-0.4, -0.2) is 9.55 Å². The monoisotopic (exact) mass is 420 g/mol. The molecule has 20 heavy (non-hydrogen) atoms. The highest BCUT2D eigenvalue weighted by Gasteiger charge is 2.14. The molecule has 3 rings (SSSR count). The third-order valence-corrected chi connectivity index (χ3v) is 4.25. The molecule has 0 unspecified atom stereocenters. The van der Waals surface area contributed by atoms with Gasteiger partial charge in [0, 0.05) is 16.8 Å². The van der Waals surface area contributed by atoms with Crippen molar-refractivity contribution in [3.8, 4) is 5.69 Å². The smallest absolute Gasteiger partial charge is 0.138 e. The first kappa shape index (κ1) is 14.1. The summed E-state index contributed by atoms with van der Waals surface area (Å²) in [6.07, 6.45) is 0. The minimum Gasteiger partial charge on any atom is -0.295 e. The number of rotatable bonds is 2. The Bertz CT molecular complexity index is 801. The molecular weight excluding hydrogens is 413 g/mol. The number of nitrogens with zero attached hydrogens (tertiary/aromatic N) is 2. The third kappa shape index (κ3) is 2.40. The SMILES string of the molecule is Fc1cc2c(cc1I)nc(CCl)n2-c1cccc(Cl)c1. The fraction of sp³-hybridized carbons (Fsp3) is 0.0714. The maximum absolute atomic E-state index is 13.8. The van der Waals surface area contributed by atoms with Gasteiger partial charge in [-0.1, -0.05) is 17.7 Å². The van der Waals surface area contributed by atoms with Crippen molar-refractivity contribution in [1.29, 1.82) is 0 Å². The van der Waals surface area contributed by atoms with Gasteiger partial charge < -0.3 is 0 Å². The van der Waals surface area contributed by atoms with Gasteiger partial charge >= 0.3 is 0 Å². The van der Waals surface area contributed by atoms with Gasteiger partial charge in [-0.3, -0.25) is 4.57 Å². The molecule has 0 saturated heterocycles. The lowest BCUT2D eigenvalue weighted by Gasteiger charge is -2.08. The minimum atomic E-state index is -0.276. The standard InChI is InChI=1S/C14H8Cl2FIN2/c15-7-14-19-12-6-11(18)10(17)5-13(12)20(14)9-3-1-2-8(16)4-9/h1-6H,7H2. The van der Waals surface area contributed by atoms with E-state index < -0.39 is 0 Å². The lowest BCUT2D eigenvalue weighted by atomic mass is 10.2. The molecule has 0 fully saturated rings. The summed E-state index contributed by atoms with van der Waals surface area (Å²) < 4.78 is 16.2. The number of fused-ring (bicyclic) bond motifs is 1. The molecular formula is C14H8Cl2FIN2. The zero-order chi connectivity index (χ0) is 14.3. The Morgan fingerprint density at radius 1 is 1.25 bits per heavy atom. The van der Waals surface area contributed by atoms with Crippen LogP contribution in [0.4, 0.5) is 4.39 Å². The van der Waals surface area contributed by atoms with Crippen molar-refractivity contribution < 1.29 is 4.39 Å². The van der Waals surface area contributed by atoms with Gasteiger partial charge in [0.15, 0.2) is 0 Å². The molecule has 0 bridgehead atoms. The Hall–Kier alpha value is -0.850. The molecule has 0 saturated carbocycles. The van der Waals surface area contributed by atoms with Gasteiger partial charge in [0.05, 0.1) is 20.5 Å². The van der Waals surface area contributed by atoms with Gasteiger partial charge in [0.25, 0.3) is 0 Å². The van der Waals surface area contributed by atoms with E-state index in [1.54, 1.807) is 18.2 Å². The maximum Gasteiger partial charge on any atom is 0.138 e. The summed E-state index contributed by atoms with van der Waals surface area (Å²) >= 11 is 13.9. The van der Waals surface area contributed by atoms with Crippen molar-refractivity contribution in [2.75, 3.05) is 0 Å². The average molecular weight is 421 g/mol. The zero-order valence-electron chi connectivity index (χ0n) is 10.1. The fourth-order valence-electron chi connectivity index (χ4n) is 2.12. The summed E-state index contributed by atoms with van der Waals surface area (Å²) in [5, 5.41) is 0.607. The Kier molecular flexibility index (Phi) is 3.88. The predicted molar refractivity (Wildman–Crippen MR) is 88.3 cm³/mol. The van der Waals surface area contributed by atoms with E-state index in [1.807, 2.05) is 39.3 Å². The van der Waals surface area contributed by atoms with Gasteiger partial charge in [0.2, 0.25) is 0 Å². The van der Waals surface area contributed by atoms with Crippen LogP contribution in [0.5, 0.6) is 0 Å². The van der Waals surface area contributed by atoms with Gasteiger partial charge in [-0.05, 0) is 46.9 Å². The first-order chi connectivity index (χ1) is 9.60. The molecule has 1 aromatic heterocycles. The van der Waals surface area contributed by atoms with Crippen LogP contribution >= 0.6 is 45.8 Å². The van der Waals surface area contributed by atoms with Crippen molar-refractivity contribution in [2.24, 2.45) is 0 Å². The second-order valence-electron chi connectivity index (χ2n) is 4.23. The summed E-state index contributed by atoms with van der Waals surface area (Å²) in [6, 6.07) is 10.5. The van der Waals surface area contributed by atoms with Crippen LogP contribution in [0.3, 0.4) is 0 Å². The van der Waals surface area contributed by atoms with Crippen molar-refractivity contribution in [2.45, 2.75) is 5.88 Å². The van der Waals surface area contributed by atoms with Crippen molar-refractivity contribution in [3.63, 3.8) is 0 Å². The third-order valence-electron chi connectivity index (χ3n) is 2.95. The van der Waals surface area contributed by atoms with Crippen molar-refractivity contribution in [1.82, 2.24) is 9.55 Å². The van der Waals surface area contributed by atoms with E-state index >= 15 is 0 Å². The van der Waals surface area contributed by atoms with Gasteiger partial charge in [-0.15, -0.1) is 11.6 Å². The number of aromatic nitrogens is 2. The highest BCUT2D eigenvalue weighted by atomic mass is 127. The molecule has 3 aromatic rings. The highest BCUT2D eigenvalue weighted by molar-refractivity contribution is 14.1. The van der Waals surface area contributed by atoms with Crippen LogP contribution in [0.25, 0.3) is 16.7 Å². The van der Waals surface area contributed by atoms with Crippen LogP contribution in [0, 0.1) is 9.39 Å². The summed E-state index contributed by atoms with van der Waals surface area (Å²) in [4.78, 5) is 4.46. The molecule has 1 heterocycles. The molecule has 0 atom stereocenters. The van der Waals surface area contributed by atoms with Crippen LogP contribution in [0.15, 0.2) is 36.4 Å². The molecule has 0 N–H and O–H groups in total. The summed E-state index contributed by atoms with van der Waals surface area (Å²) in [7, 11) is 0. The Morgan fingerprint density at radius 3 is 2.75 bits per heavy atom. The van der Waals surface area contributed by atoms with E-state index in [-0.39, 0.29) is 11.7 Å². The molecule has 2 aromatic carbocycles. The summed E-state index contributed by atoms with van der Waals surface area (Å²) in [5.41, 5.74) is 2.21. The number of halogens is 4. The number of alkyl halides is 1. The lowest BCUT2D eigenvalue weighted by molar-refractivity contribution is 0.622. The van der Waals surface area contributed by atoms with Gasteiger partial charge in [0.1, 0.15) is 11.6 Å². The molecule has 0 aliphatic rings. The summed E-state index contributed by atoms with van der Waals surface area (Å²) in [6.45, 7) is 0. The molecule has 0 spiro atoms. The van der Waals surface area contributed by atoms with E-state index in [4.69, 9.17) is 23.2 Å². The first-order valence-electron chi connectivity index (χ1n) is 5.78. The minimum absolute atomic E-state index is 0.236. The van der Waals surface area contributed by atoms with Crippen LogP contribution in [0.1, 0.15) is 5.82 Å². The largest absolute Gasteiger partial charge is 0.295 e. The zero-order valence-corrected chi connectivity index (χ0v) is 13.7. The quantitative estimate of drug-likeness (QED) is 0.413. The highest BCUT2D eigenvalue weighted by Crippen LogP contribution is 2.27. The predicted octanol–water partition coefficient (Wildman–Crippen LogP) is 5.16. The van der Waals surface area contributed by atoms with E-state index in [1.165, 1.54) is 6.07 Å². The average Bonchev–Trinajstić information content (AvgIpc) is 2.77. The molecule has 2 nitrogen and oxygen atoms in total. The molecule has 0 aliphatic carbocycles. The Labute approximate surface area is 138 Å². The Morgan fingerprint density at radius 2 is 2.05 bits per heavy atom. The molecule has 0 radical (unpaired) electrons. The second-order valence-corrected chi connectivity index (χ2v) is 6.10. The maximum atomic E-state index is 13.8. The Balaban J connectivity index is 2.35. The lowest BCUT2D eigenvalue weighted by Crippen LogP contribution is -1.99. The second kappa shape index (κ2) is 5.50. The molecule has 0 aliphatic heterocycles. The molecule has 102 valence electrons. The number of benzene rings is 2.